The van der Waals surface area contributed by atoms with Crippen molar-refractivity contribution in [1.82, 2.24) is 9.80 Å². The minimum absolute atomic E-state index is 0.657. The Bertz CT molecular complexity index is 143. The first-order valence-electron chi connectivity index (χ1n) is 5.00. The minimum Gasteiger partial charge on any atom is -0.289 e. The summed E-state index contributed by atoms with van der Waals surface area (Å²) in [6.45, 7) is 11.6. The highest BCUT2D eigenvalue weighted by molar-refractivity contribution is 4.83. The van der Waals surface area contributed by atoms with Crippen LogP contribution in [0.5, 0.6) is 0 Å². The lowest BCUT2D eigenvalue weighted by atomic mass is 10.1. The van der Waals surface area contributed by atoms with E-state index in [9.17, 15) is 0 Å². The molecule has 0 N–H and O–H groups in total. The van der Waals surface area contributed by atoms with Gasteiger partial charge in [-0.05, 0) is 26.8 Å². The highest BCUT2D eigenvalue weighted by Crippen LogP contribution is 2.21. The number of hydrogen-bond donors (Lipinski definition) is 0. The Hall–Kier alpha value is -0.0800. The quantitative estimate of drug-likeness (QED) is 0.621. The maximum atomic E-state index is 2.59. The first-order chi connectivity index (χ1) is 5.54. The van der Waals surface area contributed by atoms with E-state index in [0.717, 1.165) is 5.92 Å². The predicted octanol–water partition coefficient (Wildman–Crippen LogP) is 1.62. The van der Waals surface area contributed by atoms with Crippen LogP contribution in [0.25, 0.3) is 0 Å². The number of rotatable bonds is 2. The monoisotopic (exact) mass is 170 g/mol. The fourth-order valence-corrected chi connectivity index (χ4v) is 2.25. The molecule has 0 radical (unpaired) electrons. The summed E-state index contributed by atoms with van der Waals surface area (Å²) >= 11 is 0. The average molecular weight is 170 g/mol. The first-order valence-corrected chi connectivity index (χ1v) is 5.00. The number of nitrogens with zero attached hydrogens (tertiary/aromatic N) is 2. The Morgan fingerprint density at radius 3 is 2.00 bits per heavy atom. The van der Waals surface area contributed by atoms with E-state index in [2.05, 4.69) is 44.5 Å². The zero-order chi connectivity index (χ0) is 9.30. The normalized spacial score (nSPS) is 27.8. The van der Waals surface area contributed by atoms with E-state index in [-0.39, 0.29) is 0 Å². The summed E-state index contributed by atoms with van der Waals surface area (Å²) in [5.74, 6) is 0.736. The van der Waals surface area contributed by atoms with Crippen molar-refractivity contribution in [3.63, 3.8) is 0 Å². The molecule has 1 fully saturated rings. The Kier molecular flexibility index (Phi) is 3.13. The van der Waals surface area contributed by atoms with E-state index in [1.54, 1.807) is 0 Å². The van der Waals surface area contributed by atoms with Crippen molar-refractivity contribution in [3.8, 4) is 0 Å². The van der Waals surface area contributed by atoms with Crippen LogP contribution in [0.2, 0.25) is 0 Å². The van der Waals surface area contributed by atoms with Crippen molar-refractivity contribution < 1.29 is 0 Å². The van der Waals surface area contributed by atoms with Crippen LogP contribution in [0, 0.1) is 5.92 Å². The van der Waals surface area contributed by atoms with Crippen molar-refractivity contribution >= 4 is 0 Å². The molecule has 0 aromatic carbocycles. The number of hydrogen-bond acceptors (Lipinski definition) is 2. The lowest BCUT2D eigenvalue weighted by Gasteiger charge is -2.33. The van der Waals surface area contributed by atoms with Crippen LogP contribution in [0.3, 0.4) is 0 Å². The molecule has 0 bridgehead atoms. The Morgan fingerprint density at radius 2 is 1.67 bits per heavy atom. The van der Waals surface area contributed by atoms with E-state index in [1.165, 1.54) is 13.1 Å². The van der Waals surface area contributed by atoms with Crippen LogP contribution in [0.15, 0.2) is 0 Å². The topological polar surface area (TPSA) is 6.48 Å². The van der Waals surface area contributed by atoms with Crippen LogP contribution in [0.4, 0.5) is 0 Å². The fraction of sp³-hybridized carbons (Fsp3) is 1.00. The summed E-state index contributed by atoms with van der Waals surface area (Å²) in [7, 11) is 2.23. The van der Waals surface area contributed by atoms with Crippen molar-refractivity contribution in [2.75, 3.05) is 20.1 Å². The summed E-state index contributed by atoms with van der Waals surface area (Å²) in [6, 6.07) is 0.683. The second-order valence-corrected chi connectivity index (χ2v) is 4.47. The average Bonchev–Trinajstić information content (AvgIpc) is 2.30. The SMILES string of the molecule is CC(C)C1N(C)CCN1C(C)C. The molecule has 0 saturated carbocycles. The van der Waals surface area contributed by atoms with Gasteiger partial charge in [0.25, 0.3) is 0 Å². The zero-order valence-electron chi connectivity index (χ0n) is 9.04. The molecule has 1 atom stereocenters. The van der Waals surface area contributed by atoms with Gasteiger partial charge in [0.15, 0.2) is 0 Å². The van der Waals surface area contributed by atoms with Gasteiger partial charge in [-0.1, -0.05) is 13.8 Å². The molecule has 0 aliphatic carbocycles. The van der Waals surface area contributed by atoms with Gasteiger partial charge in [0, 0.05) is 19.1 Å². The smallest absolute Gasteiger partial charge is 0.0646 e. The highest BCUT2D eigenvalue weighted by atomic mass is 15.4. The maximum Gasteiger partial charge on any atom is 0.0646 e. The summed E-state index contributed by atoms with van der Waals surface area (Å²) in [4.78, 5) is 5.05. The molecule has 0 aromatic heterocycles. The minimum atomic E-state index is 0.657. The lowest BCUT2D eigenvalue weighted by Crippen LogP contribution is -2.44. The number of likely N-dealkylation sites (N-methyl/N-ethyl adjacent to an activating group) is 1. The Morgan fingerprint density at radius 1 is 1.08 bits per heavy atom. The predicted molar refractivity (Wildman–Crippen MR) is 53.1 cm³/mol. The summed E-state index contributed by atoms with van der Waals surface area (Å²) in [5, 5.41) is 0. The molecule has 2 heteroatoms. The van der Waals surface area contributed by atoms with Crippen LogP contribution in [-0.4, -0.2) is 42.1 Å². The summed E-state index contributed by atoms with van der Waals surface area (Å²) in [6.07, 6.45) is 0.657. The lowest BCUT2D eigenvalue weighted by molar-refractivity contribution is 0.0872. The summed E-state index contributed by atoms with van der Waals surface area (Å²) < 4.78 is 0. The van der Waals surface area contributed by atoms with E-state index in [1.807, 2.05) is 0 Å². The van der Waals surface area contributed by atoms with E-state index in [0.29, 0.717) is 12.2 Å². The van der Waals surface area contributed by atoms with Gasteiger partial charge in [0.1, 0.15) is 0 Å². The van der Waals surface area contributed by atoms with Crippen molar-refractivity contribution in [2.45, 2.75) is 39.9 Å². The van der Waals surface area contributed by atoms with Gasteiger partial charge in [-0.2, -0.15) is 0 Å². The second kappa shape index (κ2) is 3.75. The molecule has 1 aliphatic heterocycles. The molecule has 1 saturated heterocycles. The van der Waals surface area contributed by atoms with E-state index < -0.39 is 0 Å². The van der Waals surface area contributed by atoms with Crippen LogP contribution in [-0.2, 0) is 0 Å². The molecular formula is C10H22N2. The molecule has 0 amide bonds. The fourth-order valence-electron chi connectivity index (χ4n) is 2.25. The molecule has 2 nitrogen and oxygen atoms in total. The molecule has 72 valence electrons. The third-order valence-electron chi connectivity index (χ3n) is 2.76. The molecule has 1 heterocycles. The highest BCUT2D eigenvalue weighted by Gasteiger charge is 2.32. The molecule has 1 unspecified atom stereocenters. The largest absolute Gasteiger partial charge is 0.289 e. The van der Waals surface area contributed by atoms with Gasteiger partial charge in [0.05, 0.1) is 6.17 Å². The summed E-state index contributed by atoms with van der Waals surface area (Å²) in [5.41, 5.74) is 0. The van der Waals surface area contributed by atoms with Gasteiger partial charge in [0.2, 0.25) is 0 Å². The van der Waals surface area contributed by atoms with Crippen LogP contribution < -0.4 is 0 Å². The van der Waals surface area contributed by atoms with Gasteiger partial charge < -0.3 is 0 Å². The van der Waals surface area contributed by atoms with Gasteiger partial charge in [-0.3, -0.25) is 9.80 Å². The molecular weight excluding hydrogens is 148 g/mol. The maximum absolute atomic E-state index is 2.59. The molecule has 12 heavy (non-hydrogen) atoms. The van der Waals surface area contributed by atoms with Gasteiger partial charge >= 0.3 is 0 Å². The van der Waals surface area contributed by atoms with Gasteiger partial charge in [-0.15, -0.1) is 0 Å². The zero-order valence-corrected chi connectivity index (χ0v) is 9.04. The first kappa shape index (κ1) is 10.0. The van der Waals surface area contributed by atoms with Crippen molar-refractivity contribution in [1.29, 1.82) is 0 Å². The van der Waals surface area contributed by atoms with Crippen molar-refractivity contribution in [3.05, 3.63) is 0 Å². The Labute approximate surface area is 76.5 Å². The standard InChI is InChI=1S/C10H22N2/c1-8(2)10-11(5)6-7-12(10)9(3)4/h8-10H,6-7H2,1-5H3. The third-order valence-corrected chi connectivity index (χ3v) is 2.76. The van der Waals surface area contributed by atoms with Crippen LogP contribution in [0.1, 0.15) is 27.7 Å². The second-order valence-electron chi connectivity index (χ2n) is 4.47. The third kappa shape index (κ3) is 1.80. The Balaban J connectivity index is 2.64. The van der Waals surface area contributed by atoms with Crippen LogP contribution >= 0.6 is 0 Å². The molecule has 1 aliphatic rings. The molecule has 1 rings (SSSR count). The molecule has 0 spiro atoms. The van der Waals surface area contributed by atoms with E-state index in [4.69, 9.17) is 0 Å². The van der Waals surface area contributed by atoms with Crippen molar-refractivity contribution in [2.24, 2.45) is 5.92 Å². The van der Waals surface area contributed by atoms with Gasteiger partial charge in [-0.25, -0.2) is 0 Å². The van der Waals surface area contributed by atoms with E-state index >= 15 is 0 Å². The molecule has 0 aromatic rings.